The second-order valence-electron chi connectivity index (χ2n) is 34.2. The van der Waals surface area contributed by atoms with Crippen molar-refractivity contribution in [2.24, 2.45) is 80.8 Å². The Morgan fingerprint density at radius 3 is 1.41 bits per heavy atom. The number of rotatable bonds is 34. The molecule has 2 N–H and O–H groups in total. The highest BCUT2D eigenvalue weighted by Gasteiger charge is 2.84. The Bertz CT molecular complexity index is 4770. The minimum atomic E-state index is -4.87. The highest BCUT2D eigenvalue weighted by molar-refractivity contribution is 7.92. The van der Waals surface area contributed by atoms with Gasteiger partial charge in [-0.1, -0.05) is 32.9 Å². The maximum Gasteiger partial charge on any atom is 0.410 e. The molecule has 36 nitrogen and oxygen atoms in total. The van der Waals surface area contributed by atoms with E-state index in [0.29, 0.717) is 50.6 Å². The van der Waals surface area contributed by atoms with Crippen LogP contribution in [0.5, 0.6) is 0 Å². The normalized spacial score (nSPS) is 38.8. The fourth-order valence-corrected chi connectivity index (χ4v) is 34.9. The molecule has 0 amide bonds. The van der Waals surface area contributed by atoms with Crippen LogP contribution in [0.1, 0.15) is 85.5 Å². The largest absolute Gasteiger partial charge is 0.469 e. The van der Waals surface area contributed by atoms with Crippen LogP contribution in [0.25, 0.3) is 0 Å². The van der Waals surface area contributed by atoms with E-state index in [9.17, 15) is 117 Å². The predicted molar refractivity (Wildman–Crippen MR) is 408 cm³/mol. The van der Waals surface area contributed by atoms with Crippen molar-refractivity contribution in [1.82, 2.24) is 0 Å². The molecular formula is C77H102F6O36S5. The summed E-state index contributed by atoms with van der Waals surface area (Å²) in [6.45, 7) is 22.9. The second kappa shape index (κ2) is 36.7. The molecule has 5 aliphatic heterocycles. The lowest BCUT2D eigenvalue weighted by atomic mass is 9.71. The van der Waals surface area contributed by atoms with E-state index in [-0.39, 0.29) is 152 Å². The summed E-state index contributed by atoms with van der Waals surface area (Å²) in [6.07, 6.45) is -11.1. The molecule has 10 aliphatic carbocycles. The van der Waals surface area contributed by atoms with E-state index in [2.05, 4.69) is 37.6 Å². The average molecular weight is 1880 g/mol. The summed E-state index contributed by atoms with van der Waals surface area (Å²) in [5.41, 5.74) is -1.70. The van der Waals surface area contributed by atoms with Crippen LogP contribution < -0.4 is 0 Å². The van der Waals surface area contributed by atoms with Gasteiger partial charge in [-0.25, -0.2) is 40.8 Å². The van der Waals surface area contributed by atoms with Gasteiger partial charge in [0.1, 0.15) is 61.8 Å². The Hall–Kier alpha value is -6.61. The van der Waals surface area contributed by atoms with Gasteiger partial charge in [0, 0.05) is 93.5 Å². The van der Waals surface area contributed by atoms with Crippen molar-refractivity contribution < 1.29 is 191 Å². The number of alkyl halides is 6. The quantitative estimate of drug-likeness (QED) is 0.0178. The summed E-state index contributed by atoms with van der Waals surface area (Å²) in [5, 5.41) is 16.3. The summed E-state index contributed by atoms with van der Waals surface area (Å²) in [5.74, 6) is -11.1. The summed E-state index contributed by atoms with van der Waals surface area (Å²) in [6, 6.07) is 0. The number of fused-ring (bicyclic) bond motifs is 5. The second-order valence-corrected chi connectivity index (χ2v) is 43.9. The summed E-state index contributed by atoms with van der Waals surface area (Å²) >= 11 is 0. The van der Waals surface area contributed by atoms with Gasteiger partial charge in [0.25, 0.3) is 36.8 Å². The average Bonchev–Trinajstić information content (AvgIpc) is 1.51. The highest BCUT2D eigenvalue weighted by Crippen LogP contribution is 2.74. The first-order chi connectivity index (χ1) is 57.9. The Morgan fingerprint density at radius 1 is 0.500 bits per heavy atom. The van der Waals surface area contributed by atoms with Gasteiger partial charge < -0.3 is 71.8 Å². The van der Waals surface area contributed by atoms with Gasteiger partial charge in [-0.3, -0.25) is 26.9 Å². The molecular weight excluding hydrogens is 1780 g/mol. The molecule has 0 aromatic carbocycles. The first kappa shape index (κ1) is 98.0. The molecule has 0 aromatic rings. The van der Waals surface area contributed by atoms with Gasteiger partial charge in [-0.2, -0.15) is 51.6 Å². The third-order valence-corrected chi connectivity index (χ3v) is 37.7. The lowest BCUT2D eigenvalue weighted by Gasteiger charge is -2.39. The van der Waals surface area contributed by atoms with Gasteiger partial charge in [0.15, 0.2) is 24.4 Å². The number of methoxy groups -OCH3 is 1. The number of ether oxygens (including phenoxy) is 13. The lowest BCUT2D eigenvalue weighted by Crippen LogP contribution is -2.54. The fourth-order valence-electron chi connectivity index (χ4n) is 22.9. The molecule has 10 saturated carbocycles. The Kier molecular flexibility index (Phi) is 29.0. The Morgan fingerprint density at radius 2 is 0.944 bits per heavy atom. The standard InChI is InChI=1S/C20H28O9S.C16H24O7S.C15H20O8S.2C13H15F3O6S/c1-13(2)18(23)28-7-6-27-17-15-9-30(24,25)16-8-19(17,11-29-14(3)22)10-20(15,16)4-5-26-12-21;1-10(2)14(19)23-4-3-22-13-11-6-24(20,21)12-5-15(13,8-17)7-16(11,12)9-18;1-7(2)14(16)22-5-4-21-11-8-6-9-12(11)23-24(18,19)13(9)10(8)15(17)20-3;1-2-9(17)20-3-4-21-10-7-5-8-11(10)22-23(18,19)12(8,6-7)13(14,15)16;1-2-8(17)20-3-4-21-10-6-5-7-11(10)22-23(18,19)12(7)9(6)13(14,15)16/h12,15-17H,1,4-11H2,2-3H3;11-13,17-18H,1,3-9H2,2H3;8-13H,1,4-6H2,2-3H3;2,7-8,10-11H,1,3-6H2;2,6-7,9-12H,1,3-5H2. The Balaban J connectivity index is 0.000000151. The molecule has 27 unspecified atom stereocenters. The lowest BCUT2D eigenvalue weighted by molar-refractivity contribution is -0.201. The first-order valence-corrected chi connectivity index (χ1v) is 47.6. The molecule has 698 valence electrons. The number of sulfone groups is 2. The van der Waals surface area contributed by atoms with E-state index in [1.165, 1.54) is 21.0 Å². The number of carbonyl (C=O) groups is 8. The van der Waals surface area contributed by atoms with Gasteiger partial charge in [0.05, 0.1) is 131 Å². The van der Waals surface area contributed by atoms with Crippen LogP contribution in [0.2, 0.25) is 0 Å². The molecule has 124 heavy (non-hydrogen) atoms. The number of hydrogen-bond acceptors (Lipinski definition) is 36. The third-order valence-electron chi connectivity index (χ3n) is 27.3. The van der Waals surface area contributed by atoms with E-state index in [1.54, 1.807) is 13.8 Å². The number of halogens is 6. The van der Waals surface area contributed by atoms with Crippen LogP contribution >= 0.6 is 0 Å². The zero-order chi connectivity index (χ0) is 91.6. The van der Waals surface area contributed by atoms with Crippen LogP contribution in [0.4, 0.5) is 26.3 Å². The molecule has 15 fully saturated rings. The van der Waals surface area contributed by atoms with Crippen molar-refractivity contribution in [2.75, 3.05) is 111 Å². The summed E-state index contributed by atoms with van der Waals surface area (Å²) in [4.78, 5) is 90.1. The highest BCUT2D eigenvalue weighted by atomic mass is 32.2. The smallest absolute Gasteiger partial charge is 0.410 e. The van der Waals surface area contributed by atoms with Crippen LogP contribution in [-0.4, -0.2) is 299 Å². The third kappa shape index (κ3) is 17.9. The topological polar surface area (TPSA) is 495 Å². The number of carbonyl (C=O) groups excluding carboxylic acids is 8. The molecule has 27 atom stereocenters. The van der Waals surface area contributed by atoms with Crippen molar-refractivity contribution >= 4 is 98.3 Å². The zero-order valence-electron chi connectivity index (χ0n) is 68.2. The molecule has 5 saturated heterocycles. The minimum Gasteiger partial charge on any atom is -0.469 e. The molecule has 5 heterocycles. The minimum absolute atomic E-state index is 0.00991. The molecule has 0 spiro atoms. The van der Waals surface area contributed by atoms with Gasteiger partial charge in [0.2, 0.25) is 0 Å². The maximum absolute atomic E-state index is 13.4. The predicted octanol–water partition coefficient (Wildman–Crippen LogP) is 2.70. The van der Waals surface area contributed by atoms with E-state index >= 15 is 0 Å². The molecule has 0 aromatic heterocycles. The van der Waals surface area contributed by atoms with Crippen molar-refractivity contribution in [3.63, 3.8) is 0 Å². The van der Waals surface area contributed by atoms with E-state index in [0.717, 1.165) is 12.2 Å². The first-order valence-electron chi connectivity index (χ1n) is 39.8. The van der Waals surface area contributed by atoms with E-state index in [1.807, 2.05) is 0 Å². The van der Waals surface area contributed by atoms with Crippen LogP contribution in [0.15, 0.2) is 61.8 Å². The van der Waals surface area contributed by atoms with Crippen LogP contribution in [0.3, 0.4) is 0 Å². The fraction of sp³-hybridized carbons (Fsp3) is 0.766. The molecule has 0 radical (unpaired) electrons. The number of esters is 7. The molecule has 15 rings (SSSR count). The van der Waals surface area contributed by atoms with Gasteiger partial charge >= 0.3 is 54.1 Å². The monoisotopic (exact) mass is 1880 g/mol. The maximum atomic E-state index is 13.4. The summed E-state index contributed by atoms with van der Waals surface area (Å²) in [7, 11) is -18.2. The van der Waals surface area contributed by atoms with Gasteiger partial charge in [-0.15, -0.1) is 0 Å². The van der Waals surface area contributed by atoms with Crippen molar-refractivity contribution in [3.8, 4) is 0 Å². The summed E-state index contributed by atoms with van der Waals surface area (Å²) < 4.78 is 283. The molecule has 10 bridgehead atoms. The van der Waals surface area contributed by atoms with Crippen molar-refractivity contribution in [1.29, 1.82) is 0 Å². The SMILES string of the molecule is C=C(C)C(=O)OCCOC1C2CC3C1OS(=O)(=O)C3C2C(=O)OC.C=C(C)C(=O)OCCOC1C2CS(=O)(=O)C3CC1(CO)CC23CO.C=C(C)C(=O)OCCOC1C2CS(=O)(=O)C3CC1(COC(C)=O)CC23CCOC=O.C=CC(=O)OCCOC1C2CC3C1OS(=O)(=O)C3(C(F)(F)F)C2.C=CC(=O)OCCOC1C2CC3C1OS(=O)(=O)C3C2C(F)(F)F. The van der Waals surface area contributed by atoms with Crippen LogP contribution in [-0.2, 0) is 163 Å². The van der Waals surface area contributed by atoms with Gasteiger partial charge in [-0.05, 0) is 89.9 Å². The number of aliphatic hydroxyl groups excluding tert-OH is 2. The molecule has 47 heteroatoms. The Labute approximate surface area is 711 Å². The number of aliphatic hydroxyl groups is 2. The number of hydrogen-bond donors (Lipinski definition) is 2. The van der Waals surface area contributed by atoms with Crippen molar-refractivity contribution in [2.45, 2.75) is 172 Å². The molecule has 15 aliphatic rings. The van der Waals surface area contributed by atoms with E-state index < -0.39 is 242 Å². The van der Waals surface area contributed by atoms with Crippen LogP contribution in [0, 0.1) is 80.8 Å². The zero-order valence-corrected chi connectivity index (χ0v) is 72.3. The van der Waals surface area contributed by atoms with Crippen molar-refractivity contribution in [3.05, 3.63) is 61.8 Å². The van der Waals surface area contributed by atoms with E-state index in [4.69, 9.17) is 69.4 Å².